The van der Waals surface area contributed by atoms with Gasteiger partial charge in [0.25, 0.3) is 5.91 Å². The van der Waals surface area contributed by atoms with Crippen LogP contribution in [-0.2, 0) is 12.3 Å². The maximum atomic E-state index is 12.7. The number of carbonyl (C=O) groups excluding carboxylic acids is 1. The highest BCUT2D eigenvalue weighted by atomic mass is 35.5. The first-order valence-electron chi connectivity index (χ1n) is 10.9. The number of thioether (sulfide) groups is 1. The van der Waals surface area contributed by atoms with Crippen LogP contribution < -0.4 is 14.8 Å². The van der Waals surface area contributed by atoms with Gasteiger partial charge < -0.3 is 14.8 Å². The summed E-state index contributed by atoms with van der Waals surface area (Å²) in [6.45, 7) is 2.20. The van der Waals surface area contributed by atoms with E-state index < -0.39 is 0 Å². The fraction of sp³-hybridized carbons (Fsp3) is 0.192. The first-order valence-corrected chi connectivity index (χ1v) is 12.2. The monoisotopic (exact) mass is 508 g/mol. The average Bonchev–Trinajstić information content (AvgIpc) is 3.30. The highest BCUT2D eigenvalue weighted by molar-refractivity contribution is 7.98. The van der Waals surface area contributed by atoms with Crippen LogP contribution >= 0.6 is 23.4 Å². The third kappa shape index (κ3) is 5.96. The molecule has 0 saturated heterocycles. The van der Waals surface area contributed by atoms with Crippen molar-refractivity contribution in [3.8, 4) is 17.2 Å². The summed E-state index contributed by atoms with van der Waals surface area (Å²) < 4.78 is 12.4. The average molecular weight is 509 g/mol. The van der Waals surface area contributed by atoms with E-state index in [0.717, 1.165) is 22.6 Å². The van der Waals surface area contributed by atoms with Crippen molar-refractivity contribution < 1.29 is 14.3 Å². The Morgan fingerprint density at radius 1 is 1.00 bits per heavy atom. The largest absolute Gasteiger partial charge is 0.497 e. The van der Waals surface area contributed by atoms with E-state index in [2.05, 4.69) is 15.5 Å². The summed E-state index contributed by atoms with van der Waals surface area (Å²) >= 11 is 7.87. The van der Waals surface area contributed by atoms with Crippen LogP contribution in [0.1, 0.15) is 27.3 Å². The molecule has 9 heteroatoms. The minimum Gasteiger partial charge on any atom is -0.497 e. The molecule has 1 amide bonds. The third-order valence-electron chi connectivity index (χ3n) is 5.37. The smallest absolute Gasteiger partial charge is 0.251 e. The van der Waals surface area contributed by atoms with Crippen molar-refractivity contribution in [1.82, 2.24) is 20.1 Å². The summed E-state index contributed by atoms with van der Waals surface area (Å²) in [4.78, 5) is 12.7. The van der Waals surface area contributed by atoms with Gasteiger partial charge in [0, 0.05) is 16.3 Å². The third-order valence-corrected chi connectivity index (χ3v) is 6.61. The van der Waals surface area contributed by atoms with E-state index in [1.165, 1.54) is 0 Å². The van der Waals surface area contributed by atoms with E-state index in [1.54, 1.807) is 50.2 Å². The number of methoxy groups -OCH3 is 2. The van der Waals surface area contributed by atoms with Crippen LogP contribution in [0.4, 0.5) is 0 Å². The van der Waals surface area contributed by atoms with Gasteiger partial charge in [0.1, 0.15) is 11.5 Å². The van der Waals surface area contributed by atoms with Gasteiger partial charge in [-0.05, 0) is 66.6 Å². The first-order chi connectivity index (χ1) is 17.0. The van der Waals surface area contributed by atoms with E-state index >= 15 is 0 Å². The van der Waals surface area contributed by atoms with E-state index in [9.17, 15) is 4.79 Å². The molecule has 1 aromatic heterocycles. The summed E-state index contributed by atoms with van der Waals surface area (Å²) in [7, 11) is 3.24. The molecule has 3 aromatic carbocycles. The van der Waals surface area contributed by atoms with Crippen LogP contribution in [0.15, 0.2) is 71.9 Å². The van der Waals surface area contributed by atoms with Crippen molar-refractivity contribution in [2.24, 2.45) is 0 Å². The molecule has 0 fully saturated rings. The molecule has 0 aliphatic heterocycles. The number of ether oxygens (including phenoxy) is 2. The molecule has 180 valence electrons. The number of amides is 1. The topological polar surface area (TPSA) is 78.3 Å². The van der Waals surface area contributed by atoms with Crippen LogP contribution in [0.5, 0.6) is 11.5 Å². The molecule has 4 rings (SSSR count). The molecule has 0 spiro atoms. The summed E-state index contributed by atoms with van der Waals surface area (Å²) in [5, 5.41) is 13.1. The zero-order valence-corrected chi connectivity index (χ0v) is 21.2. The molecule has 0 radical (unpaired) electrons. The molecule has 1 heterocycles. The standard InChI is InChI=1S/C26H25ClN4O3S/c1-17-7-10-20(27)14-23(17)31-24(15-28-25(32)19-8-11-21(33-2)12-9-19)29-30-26(31)35-16-18-5-4-6-22(13-18)34-3/h4-14H,15-16H2,1-3H3,(H,28,32). The number of hydrogen-bond donors (Lipinski definition) is 1. The maximum absolute atomic E-state index is 12.7. The molecular formula is C26H25ClN4O3S. The Bertz CT molecular complexity index is 1320. The van der Waals surface area contributed by atoms with Crippen LogP contribution in [0.3, 0.4) is 0 Å². The van der Waals surface area contributed by atoms with E-state index in [-0.39, 0.29) is 12.5 Å². The lowest BCUT2D eigenvalue weighted by Gasteiger charge is -2.14. The van der Waals surface area contributed by atoms with E-state index in [0.29, 0.717) is 33.1 Å². The highest BCUT2D eigenvalue weighted by Gasteiger charge is 2.18. The second-order valence-electron chi connectivity index (χ2n) is 7.72. The predicted molar refractivity (Wildman–Crippen MR) is 138 cm³/mol. The SMILES string of the molecule is COc1ccc(C(=O)NCc2nnc(SCc3cccc(OC)c3)n2-c2cc(Cl)ccc2C)cc1. The second-order valence-corrected chi connectivity index (χ2v) is 9.10. The molecule has 35 heavy (non-hydrogen) atoms. The molecule has 0 bridgehead atoms. The number of rotatable bonds is 9. The molecule has 7 nitrogen and oxygen atoms in total. The Kier molecular flexibility index (Phi) is 7.94. The number of aryl methyl sites for hydroxylation is 1. The van der Waals surface area contributed by atoms with Crippen molar-refractivity contribution >= 4 is 29.3 Å². The van der Waals surface area contributed by atoms with Gasteiger partial charge in [0.15, 0.2) is 11.0 Å². The minimum atomic E-state index is -0.212. The van der Waals surface area contributed by atoms with Gasteiger partial charge in [-0.3, -0.25) is 9.36 Å². The molecular weight excluding hydrogens is 484 g/mol. The number of halogens is 1. The van der Waals surface area contributed by atoms with Gasteiger partial charge in [0.2, 0.25) is 0 Å². The Labute approximate surface area is 213 Å². The fourth-order valence-corrected chi connectivity index (χ4v) is 4.56. The molecule has 1 N–H and O–H groups in total. The molecule has 4 aromatic rings. The van der Waals surface area contributed by atoms with Gasteiger partial charge in [-0.1, -0.05) is 41.6 Å². The van der Waals surface area contributed by atoms with E-state index in [4.69, 9.17) is 21.1 Å². The second kappa shape index (κ2) is 11.3. The van der Waals surface area contributed by atoms with Gasteiger partial charge in [-0.25, -0.2) is 0 Å². The summed E-state index contributed by atoms with van der Waals surface area (Å²) in [6.07, 6.45) is 0. The van der Waals surface area contributed by atoms with Crippen LogP contribution in [0.2, 0.25) is 5.02 Å². The maximum Gasteiger partial charge on any atom is 0.251 e. The van der Waals surface area contributed by atoms with Crippen LogP contribution in [-0.4, -0.2) is 34.9 Å². The number of aromatic nitrogens is 3. The molecule has 0 aliphatic rings. The zero-order valence-electron chi connectivity index (χ0n) is 19.6. The van der Waals surface area contributed by atoms with Gasteiger partial charge >= 0.3 is 0 Å². The molecule has 0 aliphatic carbocycles. The zero-order chi connectivity index (χ0) is 24.8. The van der Waals surface area contributed by atoms with Crippen LogP contribution in [0, 0.1) is 6.92 Å². The highest BCUT2D eigenvalue weighted by Crippen LogP contribution is 2.29. The number of carbonyl (C=O) groups is 1. The lowest BCUT2D eigenvalue weighted by atomic mass is 10.2. The Morgan fingerprint density at radius 3 is 2.51 bits per heavy atom. The van der Waals surface area contributed by atoms with Crippen LogP contribution in [0.25, 0.3) is 5.69 Å². The lowest BCUT2D eigenvalue weighted by Crippen LogP contribution is -2.24. The summed E-state index contributed by atoms with van der Waals surface area (Å²) in [5.41, 5.74) is 3.51. The number of nitrogens with zero attached hydrogens (tertiary/aromatic N) is 3. The lowest BCUT2D eigenvalue weighted by molar-refractivity contribution is 0.0949. The predicted octanol–water partition coefficient (Wildman–Crippen LogP) is 5.47. The minimum absolute atomic E-state index is 0.198. The van der Waals surface area contributed by atoms with Crippen molar-refractivity contribution in [2.45, 2.75) is 24.4 Å². The fourth-order valence-electron chi connectivity index (χ4n) is 3.49. The Balaban J connectivity index is 1.59. The molecule has 0 atom stereocenters. The Morgan fingerprint density at radius 2 is 1.77 bits per heavy atom. The normalized spacial score (nSPS) is 10.7. The number of nitrogens with one attached hydrogen (secondary N) is 1. The molecule has 0 saturated carbocycles. The van der Waals surface area contributed by atoms with Crippen molar-refractivity contribution in [3.05, 3.63) is 94.3 Å². The van der Waals surface area contributed by atoms with Crippen molar-refractivity contribution in [1.29, 1.82) is 0 Å². The van der Waals surface area contributed by atoms with Crippen molar-refractivity contribution in [3.63, 3.8) is 0 Å². The van der Waals surface area contributed by atoms with Gasteiger partial charge in [-0.2, -0.15) is 0 Å². The van der Waals surface area contributed by atoms with Crippen molar-refractivity contribution in [2.75, 3.05) is 14.2 Å². The molecule has 0 unspecified atom stereocenters. The Hall–Kier alpha value is -3.49. The van der Waals surface area contributed by atoms with Gasteiger partial charge in [-0.15, -0.1) is 10.2 Å². The summed E-state index contributed by atoms with van der Waals surface area (Å²) in [6, 6.07) is 20.5. The number of benzene rings is 3. The quantitative estimate of drug-likeness (QED) is 0.302. The first kappa shape index (κ1) is 24.6. The number of hydrogen-bond acceptors (Lipinski definition) is 6. The van der Waals surface area contributed by atoms with Gasteiger partial charge in [0.05, 0.1) is 26.5 Å². The summed E-state index contributed by atoms with van der Waals surface area (Å²) in [5.74, 6) is 2.56. The van der Waals surface area contributed by atoms with E-state index in [1.807, 2.05) is 54.0 Å².